The van der Waals surface area contributed by atoms with E-state index >= 15 is 0 Å². The Balaban J connectivity index is 2.26. The van der Waals surface area contributed by atoms with Crippen molar-refractivity contribution in [3.8, 4) is 0 Å². The van der Waals surface area contributed by atoms with E-state index in [4.69, 9.17) is 0 Å². The third-order valence-corrected chi connectivity index (χ3v) is 5.99. The molecule has 1 fully saturated rings. The molecule has 0 aromatic heterocycles. The summed E-state index contributed by atoms with van der Waals surface area (Å²) in [5, 5.41) is 3.28. The van der Waals surface area contributed by atoms with Crippen LogP contribution in [0, 0.1) is 0 Å². The van der Waals surface area contributed by atoms with E-state index in [1.165, 1.54) is 4.31 Å². The minimum absolute atomic E-state index is 0.101. The van der Waals surface area contributed by atoms with Crippen LogP contribution in [0.2, 0.25) is 0 Å². The fraction of sp³-hybridized carbons (Fsp3) is 1.00. The van der Waals surface area contributed by atoms with Crippen molar-refractivity contribution in [2.24, 2.45) is 0 Å². The molecule has 0 amide bonds. The highest BCUT2D eigenvalue weighted by Gasteiger charge is 2.23. The quantitative estimate of drug-likeness (QED) is 0.625. The topological polar surface area (TPSA) is 61.4 Å². The van der Waals surface area contributed by atoms with Gasteiger partial charge in [-0.25, -0.2) is 0 Å². The molecular formula is C12H27N3O2S2. The number of nitrogens with one attached hydrogen (secondary N) is 2. The van der Waals surface area contributed by atoms with Gasteiger partial charge in [0.1, 0.15) is 0 Å². The number of hydrogen-bond acceptors (Lipinski definition) is 4. The zero-order valence-corrected chi connectivity index (χ0v) is 13.7. The van der Waals surface area contributed by atoms with Crippen molar-refractivity contribution in [2.75, 3.05) is 38.2 Å². The molecule has 1 aliphatic rings. The van der Waals surface area contributed by atoms with E-state index in [9.17, 15) is 8.42 Å². The van der Waals surface area contributed by atoms with Gasteiger partial charge in [-0.15, -0.1) is 0 Å². The van der Waals surface area contributed by atoms with Crippen LogP contribution in [0.5, 0.6) is 0 Å². The van der Waals surface area contributed by atoms with Crippen LogP contribution in [0.15, 0.2) is 0 Å². The van der Waals surface area contributed by atoms with Crippen LogP contribution in [-0.2, 0) is 10.2 Å². The van der Waals surface area contributed by atoms with Gasteiger partial charge in [0.05, 0.1) is 0 Å². The van der Waals surface area contributed by atoms with Gasteiger partial charge in [-0.05, 0) is 44.5 Å². The van der Waals surface area contributed by atoms with Crippen molar-refractivity contribution in [1.29, 1.82) is 0 Å². The molecule has 2 N–H and O–H groups in total. The molecule has 1 atom stereocenters. The maximum Gasteiger partial charge on any atom is 0.279 e. The van der Waals surface area contributed by atoms with Crippen molar-refractivity contribution in [3.05, 3.63) is 0 Å². The summed E-state index contributed by atoms with van der Waals surface area (Å²) in [4.78, 5) is 0. The first-order chi connectivity index (χ1) is 9.06. The number of hydrogen-bond donors (Lipinski definition) is 2. The van der Waals surface area contributed by atoms with E-state index in [2.05, 4.69) is 17.0 Å². The van der Waals surface area contributed by atoms with E-state index in [-0.39, 0.29) is 6.04 Å². The maximum atomic E-state index is 12.1. The fourth-order valence-electron chi connectivity index (χ4n) is 1.98. The second-order valence-electron chi connectivity index (χ2n) is 4.96. The summed E-state index contributed by atoms with van der Waals surface area (Å²) in [5.41, 5.74) is 0. The third-order valence-electron chi connectivity index (χ3n) is 3.14. The standard InChI is InChI=1S/C12H27N3O2S2/c1-3-7-13-8-5-9-15(2)19(16,17)14-12-6-4-10-18-11-12/h12-14H,3-11H2,1-2H3. The van der Waals surface area contributed by atoms with E-state index in [1.54, 1.807) is 7.05 Å². The van der Waals surface area contributed by atoms with Gasteiger partial charge in [-0.1, -0.05) is 6.92 Å². The molecule has 114 valence electrons. The zero-order chi connectivity index (χ0) is 14.1. The molecule has 1 rings (SSSR count). The molecule has 5 nitrogen and oxygen atoms in total. The van der Waals surface area contributed by atoms with Crippen LogP contribution < -0.4 is 10.0 Å². The highest BCUT2D eigenvalue weighted by molar-refractivity contribution is 7.99. The van der Waals surface area contributed by atoms with Crippen molar-refractivity contribution in [3.63, 3.8) is 0 Å². The summed E-state index contributed by atoms with van der Waals surface area (Å²) in [6.07, 6.45) is 4.01. The molecule has 1 heterocycles. The van der Waals surface area contributed by atoms with Crippen LogP contribution in [0.3, 0.4) is 0 Å². The Morgan fingerprint density at radius 2 is 2.16 bits per heavy atom. The summed E-state index contributed by atoms with van der Waals surface area (Å²) in [7, 11) is -1.66. The van der Waals surface area contributed by atoms with Crippen LogP contribution in [-0.4, -0.2) is 57.0 Å². The molecule has 19 heavy (non-hydrogen) atoms. The lowest BCUT2D eigenvalue weighted by molar-refractivity contribution is 0.434. The lowest BCUT2D eigenvalue weighted by Crippen LogP contribution is -2.46. The molecule has 0 aromatic carbocycles. The molecule has 1 saturated heterocycles. The van der Waals surface area contributed by atoms with Gasteiger partial charge < -0.3 is 5.32 Å². The normalized spacial score (nSPS) is 20.9. The largest absolute Gasteiger partial charge is 0.317 e. The molecule has 1 aliphatic heterocycles. The predicted octanol–water partition coefficient (Wildman–Crippen LogP) is 1.04. The van der Waals surface area contributed by atoms with Gasteiger partial charge in [0.2, 0.25) is 0 Å². The molecule has 0 aromatic rings. The minimum Gasteiger partial charge on any atom is -0.317 e. The zero-order valence-electron chi connectivity index (χ0n) is 12.0. The molecule has 0 saturated carbocycles. The Kier molecular flexibility index (Phi) is 8.32. The SMILES string of the molecule is CCCNCCCN(C)S(=O)(=O)NC1CCCSC1. The van der Waals surface area contributed by atoms with E-state index < -0.39 is 10.2 Å². The summed E-state index contributed by atoms with van der Waals surface area (Å²) in [6.45, 7) is 4.54. The summed E-state index contributed by atoms with van der Waals surface area (Å²) >= 11 is 1.83. The fourth-order valence-corrected chi connectivity index (χ4v) is 4.33. The van der Waals surface area contributed by atoms with Crippen molar-refractivity contribution in [1.82, 2.24) is 14.3 Å². The Labute approximate surface area is 122 Å². The van der Waals surface area contributed by atoms with Crippen LogP contribution >= 0.6 is 11.8 Å². The molecular weight excluding hydrogens is 282 g/mol. The Morgan fingerprint density at radius 3 is 2.79 bits per heavy atom. The summed E-state index contributed by atoms with van der Waals surface area (Å²) < 4.78 is 28.4. The minimum atomic E-state index is -3.31. The molecule has 7 heteroatoms. The number of nitrogens with zero attached hydrogens (tertiary/aromatic N) is 1. The van der Waals surface area contributed by atoms with Gasteiger partial charge in [0.15, 0.2) is 0 Å². The first-order valence-electron chi connectivity index (χ1n) is 7.08. The highest BCUT2D eigenvalue weighted by atomic mass is 32.2. The molecule has 1 unspecified atom stereocenters. The van der Waals surface area contributed by atoms with E-state index in [0.29, 0.717) is 6.54 Å². The van der Waals surface area contributed by atoms with Crippen LogP contribution in [0.1, 0.15) is 32.6 Å². The highest BCUT2D eigenvalue weighted by Crippen LogP contribution is 2.17. The van der Waals surface area contributed by atoms with Gasteiger partial charge in [-0.3, -0.25) is 0 Å². The van der Waals surface area contributed by atoms with E-state index in [0.717, 1.165) is 50.3 Å². The second-order valence-corrected chi connectivity index (χ2v) is 7.92. The number of thioether (sulfide) groups is 1. The lowest BCUT2D eigenvalue weighted by Gasteiger charge is -2.25. The predicted molar refractivity (Wildman–Crippen MR) is 82.8 cm³/mol. The second kappa shape index (κ2) is 9.18. The maximum absolute atomic E-state index is 12.1. The molecule has 0 spiro atoms. The van der Waals surface area contributed by atoms with Crippen molar-refractivity contribution in [2.45, 2.75) is 38.6 Å². The lowest BCUT2D eigenvalue weighted by atomic mass is 10.2. The first kappa shape index (κ1) is 17.2. The van der Waals surface area contributed by atoms with Gasteiger partial charge in [0.25, 0.3) is 10.2 Å². The van der Waals surface area contributed by atoms with Gasteiger partial charge in [0, 0.05) is 25.4 Å². The van der Waals surface area contributed by atoms with Gasteiger partial charge >= 0.3 is 0 Å². The monoisotopic (exact) mass is 309 g/mol. The van der Waals surface area contributed by atoms with E-state index in [1.807, 2.05) is 11.8 Å². The van der Waals surface area contributed by atoms with Crippen molar-refractivity contribution < 1.29 is 8.42 Å². The average molecular weight is 310 g/mol. The Bertz CT molecular complexity index is 330. The third kappa shape index (κ3) is 6.94. The Morgan fingerprint density at radius 1 is 1.37 bits per heavy atom. The van der Waals surface area contributed by atoms with Crippen LogP contribution in [0.25, 0.3) is 0 Å². The molecule has 0 radical (unpaired) electrons. The Hall–Kier alpha value is 0.180. The average Bonchev–Trinajstić information content (AvgIpc) is 2.39. The van der Waals surface area contributed by atoms with Gasteiger partial charge in [-0.2, -0.15) is 29.2 Å². The molecule has 0 aliphatic carbocycles. The summed E-state index contributed by atoms with van der Waals surface area (Å²) in [6, 6.07) is 0.101. The smallest absolute Gasteiger partial charge is 0.279 e. The summed E-state index contributed by atoms with van der Waals surface area (Å²) in [5.74, 6) is 2.04. The first-order valence-corrected chi connectivity index (χ1v) is 9.67. The number of rotatable bonds is 9. The van der Waals surface area contributed by atoms with Crippen molar-refractivity contribution >= 4 is 22.0 Å². The van der Waals surface area contributed by atoms with Crippen LogP contribution in [0.4, 0.5) is 0 Å². The molecule has 0 bridgehead atoms.